The van der Waals surface area contributed by atoms with Gasteiger partial charge in [-0.05, 0) is 66.3 Å². The van der Waals surface area contributed by atoms with E-state index in [1.54, 1.807) is 43.3 Å². The first-order chi connectivity index (χ1) is 17.7. The molecule has 4 aromatic rings. The predicted octanol–water partition coefficient (Wildman–Crippen LogP) is 4.53. The molecule has 1 aromatic heterocycles. The van der Waals surface area contributed by atoms with Crippen molar-refractivity contribution in [2.75, 3.05) is 19.5 Å². The van der Waals surface area contributed by atoms with E-state index in [-0.39, 0.29) is 17.1 Å². The lowest BCUT2D eigenvalue weighted by Gasteiger charge is -2.20. The fraction of sp³-hybridized carbons (Fsp3) is 0.185. The van der Waals surface area contributed by atoms with E-state index in [4.69, 9.17) is 9.47 Å². The Morgan fingerprint density at radius 3 is 2.43 bits per heavy atom. The van der Waals surface area contributed by atoms with Gasteiger partial charge in [0.2, 0.25) is 15.9 Å². The molecule has 0 fully saturated rings. The van der Waals surface area contributed by atoms with Crippen LogP contribution in [0.15, 0.2) is 77.7 Å². The van der Waals surface area contributed by atoms with Gasteiger partial charge >= 0.3 is 5.97 Å². The smallest absolute Gasteiger partial charge is 0.348 e. The van der Waals surface area contributed by atoms with Crippen LogP contribution in [0.4, 0.5) is 5.69 Å². The summed E-state index contributed by atoms with van der Waals surface area (Å²) in [5, 5.41) is 3.57. The predicted molar refractivity (Wildman–Crippen MR) is 144 cm³/mol. The number of rotatable bonds is 9. The van der Waals surface area contributed by atoms with E-state index in [9.17, 15) is 18.0 Å². The highest BCUT2D eigenvalue weighted by molar-refractivity contribution is 7.89. The number of anilines is 1. The van der Waals surface area contributed by atoms with Crippen LogP contribution in [0.3, 0.4) is 0 Å². The molecule has 192 valence electrons. The van der Waals surface area contributed by atoms with E-state index in [0.717, 1.165) is 21.2 Å². The summed E-state index contributed by atoms with van der Waals surface area (Å²) < 4.78 is 40.2. The van der Waals surface area contributed by atoms with Crippen molar-refractivity contribution in [3.05, 3.63) is 88.8 Å². The molecule has 0 aliphatic heterocycles. The van der Waals surface area contributed by atoms with Gasteiger partial charge in [0.15, 0.2) is 0 Å². The lowest BCUT2D eigenvalue weighted by atomic mass is 10.1. The number of aryl methyl sites for hydroxylation is 1. The van der Waals surface area contributed by atoms with Crippen LogP contribution in [-0.2, 0) is 26.0 Å². The third kappa shape index (κ3) is 6.16. The van der Waals surface area contributed by atoms with Crippen LogP contribution in [0.1, 0.15) is 20.8 Å². The molecule has 1 heterocycles. The number of hydrogen-bond donors (Lipinski definition) is 2. The molecule has 3 aromatic carbocycles. The molecule has 0 aliphatic carbocycles. The number of methoxy groups -OCH3 is 2. The molecule has 37 heavy (non-hydrogen) atoms. The van der Waals surface area contributed by atoms with Gasteiger partial charge in [0.25, 0.3) is 0 Å². The lowest BCUT2D eigenvalue weighted by molar-refractivity contribution is -0.117. The van der Waals surface area contributed by atoms with E-state index in [0.29, 0.717) is 10.6 Å². The molecule has 0 radical (unpaired) electrons. The molecule has 1 amide bonds. The zero-order valence-electron chi connectivity index (χ0n) is 20.5. The molecule has 0 bridgehead atoms. The summed E-state index contributed by atoms with van der Waals surface area (Å²) in [4.78, 5) is 25.7. The maximum absolute atomic E-state index is 13.4. The van der Waals surface area contributed by atoms with Crippen molar-refractivity contribution in [3.8, 4) is 5.75 Å². The Balaban J connectivity index is 1.63. The highest BCUT2D eigenvalue weighted by atomic mass is 32.2. The molecule has 0 unspecified atom stereocenters. The molecule has 4 rings (SSSR count). The number of amides is 1. The third-order valence-corrected chi connectivity index (χ3v) is 8.26. The van der Waals surface area contributed by atoms with E-state index >= 15 is 0 Å². The topological polar surface area (TPSA) is 111 Å². The summed E-state index contributed by atoms with van der Waals surface area (Å²) in [5.74, 6) is -0.779. The third-order valence-electron chi connectivity index (χ3n) is 5.68. The number of thiophene rings is 1. The van der Waals surface area contributed by atoms with Crippen molar-refractivity contribution in [1.82, 2.24) is 4.72 Å². The first-order valence-electron chi connectivity index (χ1n) is 11.3. The second-order valence-electron chi connectivity index (χ2n) is 8.36. The number of carbonyl (C=O) groups excluding carboxylic acids is 2. The fourth-order valence-electron chi connectivity index (χ4n) is 3.83. The van der Waals surface area contributed by atoms with Gasteiger partial charge in [-0.15, -0.1) is 11.3 Å². The molecular formula is C27H26N2O6S2. The summed E-state index contributed by atoms with van der Waals surface area (Å²) >= 11 is 1.28. The number of fused-ring (bicyclic) bond motifs is 1. The Bertz CT molecular complexity index is 1550. The molecule has 1 atom stereocenters. The summed E-state index contributed by atoms with van der Waals surface area (Å²) in [6, 6.07) is 19.8. The van der Waals surface area contributed by atoms with Gasteiger partial charge in [-0.3, -0.25) is 4.79 Å². The van der Waals surface area contributed by atoms with Crippen LogP contribution >= 0.6 is 11.3 Å². The molecule has 0 aliphatic rings. The highest BCUT2D eigenvalue weighted by Crippen LogP contribution is 2.29. The lowest BCUT2D eigenvalue weighted by Crippen LogP contribution is -2.45. The van der Waals surface area contributed by atoms with Crippen molar-refractivity contribution in [2.24, 2.45) is 0 Å². The second-order valence-corrected chi connectivity index (χ2v) is 11.1. The average molecular weight is 539 g/mol. The zero-order valence-corrected chi connectivity index (χ0v) is 22.1. The maximum atomic E-state index is 13.4. The molecule has 0 saturated carbocycles. The summed E-state index contributed by atoms with van der Waals surface area (Å²) in [6.45, 7) is 1.78. The minimum absolute atomic E-state index is 0.0455. The van der Waals surface area contributed by atoms with Gasteiger partial charge in [0, 0.05) is 10.4 Å². The van der Waals surface area contributed by atoms with Crippen molar-refractivity contribution in [2.45, 2.75) is 24.3 Å². The van der Waals surface area contributed by atoms with Crippen molar-refractivity contribution < 1.29 is 27.5 Å². The summed E-state index contributed by atoms with van der Waals surface area (Å²) in [5.41, 5.74) is 2.00. The van der Waals surface area contributed by atoms with Crippen LogP contribution in [0.25, 0.3) is 10.1 Å². The number of esters is 1. The van der Waals surface area contributed by atoms with Gasteiger partial charge in [-0.1, -0.05) is 36.4 Å². The fourth-order valence-corrected chi connectivity index (χ4v) is 6.24. The van der Waals surface area contributed by atoms with E-state index < -0.39 is 27.9 Å². The normalized spacial score (nSPS) is 12.2. The summed E-state index contributed by atoms with van der Waals surface area (Å²) in [6.07, 6.45) is 0.132. The number of carbonyl (C=O) groups is 2. The quantitative estimate of drug-likeness (QED) is 0.303. The molecule has 0 saturated heterocycles. The Morgan fingerprint density at radius 1 is 0.973 bits per heavy atom. The first kappa shape index (κ1) is 26.3. The highest BCUT2D eigenvalue weighted by Gasteiger charge is 2.28. The van der Waals surface area contributed by atoms with Crippen LogP contribution in [0, 0.1) is 6.92 Å². The molecule has 8 nitrogen and oxygen atoms in total. The first-order valence-corrected chi connectivity index (χ1v) is 13.6. The van der Waals surface area contributed by atoms with Crippen LogP contribution in [0.5, 0.6) is 5.75 Å². The Hall–Kier alpha value is -3.73. The SMILES string of the molecule is COC(=O)c1cc2cc(NC(=O)[C@@H](Cc3ccccc3)NS(=O)(=O)c3cc(C)ccc3OC)ccc2s1. The van der Waals surface area contributed by atoms with Crippen molar-refractivity contribution >= 4 is 49.0 Å². The largest absolute Gasteiger partial charge is 0.495 e. The van der Waals surface area contributed by atoms with Crippen LogP contribution in [-0.4, -0.2) is 40.6 Å². The van der Waals surface area contributed by atoms with Gasteiger partial charge in [-0.2, -0.15) is 4.72 Å². The van der Waals surface area contributed by atoms with Crippen molar-refractivity contribution in [3.63, 3.8) is 0 Å². The average Bonchev–Trinajstić information content (AvgIpc) is 3.32. The summed E-state index contributed by atoms with van der Waals surface area (Å²) in [7, 11) is -1.40. The van der Waals surface area contributed by atoms with Gasteiger partial charge < -0.3 is 14.8 Å². The second kappa shape index (κ2) is 11.1. The molecule has 10 heteroatoms. The van der Waals surface area contributed by atoms with Crippen molar-refractivity contribution in [1.29, 1.82) is 0 Å². The van der Waals surface area contributed by atoms with Gasteiger partial charge in [0.05, 0.1) is 14.2 Å². The number of sulfonamides is 1. The van der Waals surface area contributed by atoms with Crippen LogP contribution in [0.2, 0.25) is 0 Å². The monoisotopic (exact) mass is 538 g/mol. The Morgan fingerprint density at radius 2 is 1.73 bits per heavy atom. The van der Waals surface area contributed by atoms with E-state index in [2.05, 4.69) is 10.0 Å². The van der Waals surface area contributed by atoms with E-state index in [1.165, 1.54) is 31.6 Å². The molecule has 2 N–H and O–H groups in total. The zero-order chi connectivity index (χ0) is 26.6. The number of hydrogen-bond acceptors (Lipinski definition) is 7. The maximum Gasteiger partial charge on any atom is 0.348 e. The molecule has 0 spiro atoms. The number of ether oxygens (including phenoxy) is 2. The van der Waals surface area contributed by atoms with Crippen LogP contribution < -0.4 is 14.8 Å². The number of nitrogens with one attached hydrogen (secondary N) is 2. The Kier molecular flexibility index (Phi) is 7.91. The minimum Gasteiger partial charge on any atom is -0.495 e. The van der Waals surface area contributed by atoms with Gasteiger partial charge in [0.1, 0.15) is 21.6 Å². The van der Waals surface area contributed by atoms with E-state index in [1.807, 2.05) is 30.3 Å². The Labute approximate surface area is 219 Å². The number of benzene rings is 3. The minimum atomic E-state index is -4.11. The standard InChI is InChI=1S/C27H26N2O6S2/c1-17-9-11-22(34-2)25(13-17)37(32,33)29-21(14-18-7-5-4-6-8-18)26(30)28-20-10-12-23-19(15-20)16-24(36-23)27(31)35-3/h4-13,15-16,21,29H,14H2,1-3H3,(H,28,30)/t21-/m1/s1. The van der Waals surface area contributed by atoms with Gasteiger partial charge in [-0.25, -0.2) is 13.2 Å². The molecular weight excluding hydrogens is 512 g/mol.